The number of diazo groups is 1. The minimum Gasteiger partial charge on any atom is -0.504 e. The Morgan fingerprint density at radius 1 is 0.788 bits per heavy atom. The van der Waals surface area contributed by atoms with E-state index >= 15 is 0 Å². The number of phenolic OH excluding ortho intramolecular Hbond substituents is 3. The number of ketones is 1. The third-order valence-electron chi connectivity index (χ3n) is 4.94. The molecule has 0 aliphatic rings. The SMILES string of the molecule is N#[N+]c1ccc2c(S(=O)(=O)Oc3ccc(C(=O)c4ccccc4)c(O)c3O)cccc2c1O. The van der Waals surface area contributed by atoms with Crippen molar-refractivity contribution in [1.82, 2.24) is 0 Å². The van der Waals surface area contributed by atoms with E-state index in [9.17, 15) is 28.5 Å². The third kappa shape index (κ3) is 3.77. The summed E-state index contributed by atoms with van der Waals surface area (Å²) in [5, 5.41) is 40.0. The number of aromatic hydroxyl groups is 3. The highest BCUT2D eigenvalue weighted by molar-refractivity contribution is 7.87. The minimum absolute atomic E-state index is 0.0713. The molecule has 33 heavy (non-hydrogen) atoms. The Kier molecular flexibility index (Phi) is 5.33. The fraction of sp³-hybridized carbons (Fsp3) is 0. The van der Waals surface area contributed by atoms with E-state index in [2.05, 4.69) is 4.98 Å². The van der Waals surface area contributed by atoms with E-state index in [-0.39, 0.29) is 32.5 Å². The Labute approximate surface area is 187 Å². The first-order valence-electron chi connectivity index (χ1n) is 9.43. The van der Waals surface area contributed by atoms with Gasteiger partial charge < -0.3 is 19.5 Å². The standard InChI is InChI=1S/C23H14N2O7S/c24-25-17-11-9-14-15(21(17)27)7-4-8-19(14)33(30,31)32-18-12-10-16(22(28)23(18)29)20(26)13-5-2-1-3-6-13/h1-12,24,27H/p+1. The van der Waals surface area contributed by atoms with E-state index in [1.165, 1.54) is 42.5 Å². The van der Waals surface area contributed by atoms with Crippen LogP contribution in [0.3, 0.4) is 0 Å². The van der Waals surface area contributed by atoms with Gasteiger partial charge in [-0.05, 0) is 24.3 Å². The number of hydrogen-bond acceptors (Lipinski definition) is 8. The number of nitrogens with zero attached hydrogens (tertiary/aromatic N) is 2. The number of phenols is 3. The molecule has 0 atom stereocenters. The summed E-state index contributed by atoms with van der Waals surface area (Å²) in [7, 11) is -4.56. The van der Waals surface area contributed by atoms with Gasteiger partial charge in [0.05, 0.1) is 5.56 Å². The lowest BCUT2D eigenvalue weighted by Crippen LogP contribution is -2.11. The molecule has 9 nitrogen and oxygen atoms in total. The molecule has 0 bridgehead atoms. The quantitative estimate of drug-likeness (QED) is 0.170. The van der Waals surface area contributed by atoms with Crippen LogP contribution in [0.2, 0.25) is 0 Å². The summed E-state index contributed by atoms with van der Waals surface area (Å²) in [5.41, 5.74) is -0.129. The summed E-state index contributed by atoms with van der Waals surface area (Å²) in [6.07, 6.45) is 0. The fourth-order valence-electron chi connectivity index (χ4n) is 3.32. The third-order valence-corrected chi connectivity index (χ3v) is 6.24. The van der Waals surface area contributed by atoms with Gasteiger partial charge in [0.15, 0.2) is 22.3 Å². The molecule has 0 saturated heterocycles. The molecule has 0 spiro atoms. The first-order chi connectivity index (χ1) is 15.7. The molecule has 0 aromatic heterocycles. The molecular weight excluding hydrogens is 448 g/mol. The van der Waals surface area contributed by atoms with Crippen LogP contribution in [0.5, 0.6) is 23.0 Å². The number of hydrogen-bond donors (Lipinski definition) is 3. The monoisotopic (exact) mass is 463 g/mol. The predicted octanol–water partition coefficient (Wildman–Crippen LogP) is 4.44. The second-order valence-corrected chi connectivity index (χ2v) is 8.44. The van der Waals surface area contributed by atoms with Crippen molar-refractivity contribution >= 4 is 32.4 Å². The summed E-state index contributed by atoms with van der Waals surface area (Å²) < 4.78 is 30.9. The molecular formula is C23H15N2O7S+. The van der Waals surface area contributed by atoms with Crippen molar-refractivity contribution in [3.05, 3.63) is 88.9 Å². The van der Waals surface area contributed by atoms with Crippen molar-refractivity contribution in [2.75, 3.05) is 0 Å². The Bertz CT molecular complexity index is 1560. The zero-order valence-corrected chi connectivity index (χ0v) is 17.5. The van der Waals surface area contributed by atoms with Crippen molar-refractivity contribution in [3.63, 3.8) is 0 Å². The van der Waals surface area contributed by atoms with Crippen LogP contribution >= 0.6 is 0 Å². The van der Waals surface area contributed by atoms with Crippen LogP contribution in [-0.4, -0.2) is 29.5 Å². The highest BCUT2D eigenvalue weighted by atomic mass is 32.2. The highest BCUT2D eigenvalue weighted by Gasteiger charge is 2.27. The molecule has 0 fully saturated rings. The summed E-state index contributed by atoms with van der Waals surface area (Å²) in [6, 6.07) is 16.7. The summed E-state index contributed by atoms with van der Waals surface area (Å²) in [5.74, 6) is -3.37. The maximum Gasteiger partial charge on any atom is 0.426 e. The number of carbonyl (C=O) groups is 1. The molecule has 3 N–H and O–H groups in total. The Hall–Kier alpha value is -4.62. The van der Waals surface area contributed by atoms with Gasteiger partial charge in [-0.2, -0.15) is 8.42 Å². The van der Waals surface area contributed by atoms with Crippen LogP contribution in [0.15, 0.2) is 77.7 Å². The topological polar surface area (TPSA) is 149 Å². The normalized spacial score (nSPS) is 11.1. The van der Waals surface area contributed by atoms with E-state index < -0.39 is 38.9 Å². The number of carbonyl (C=O) groups excluding carboxylic acids is 1. The molecule has 0 aliphatic carbocycles. The van der Waals surface area contributed by atoms with Gasteiger partial charge in [-0.15, -0.1) is 0 Å². The van der Waals surface area contributed by atoms with Crippen LogP contribution < -0.4 is 4.18 Å². The highest BCUT2D eigenvalue weighted by Crippen LogP contribution is 2.42. The average Bonchev–Trinajstić information content (AvgIpc) is 2.82. The molecule has 4 aromatic rings. The van der Waals surface area contributed by atoms with Gasteiger partial charge in [0.2, 0.25) is 16.9 Å². The lowest BCUT2D eigenvalue weighted by molar-refractivity contribution is 0.103. The Morgan fingerprint density at radius 3 is 2.21 bits per heavy atom. The molecule has 0 aliphatic heterocycles. The molecule has 0 amide bonds. The van der Waals surface area contributed by atoms with Crippen LogP contribution in [-0.2, 0) is 10.1 Å². The second-order valence-electron chi connectivity index (χ2n) is 6.93. The molecule has 4 aromatic carbocycles. The van der Waals surface area contributed by atoms with Crippen molar-refractivity contribution in [1.29, 1.82) is 5.39 Å². The van der Waals surface area contributed by atoms with Crippen molar-refractivity contribution in [2.45, 2.75) is 4.90 Å². The molecule has 4 rings (SSSR count). The molecule has 0 heterocycles. The molecule has 10 heteroatoms. The summed E-state index contributed by atoms with van der Waals surface area (Å²) in [6.45, 7) is 0. The predicted molar refractivity (Wildman–Crippen MR) is 118 cm³/mol. The lowest BCUT2D eigenvalue weighted by Gasteiger charge is -2.13. The van der Waals surface area contributed by atoms with Gasteiger partial charge in [-0.25, -0.2) is 0 Å². The van der Waals surface area contributed by atoms with Gasteiger partial charge >= 0.3 is 15.8 Å². The maximum atomic E-state index is 12.9. The van der Waals surface area contributed by atoms with E-state index in [4.69, 9.17) is 9.58 Å². The van der Waals surface area contributed by atoms with Crippen molar-refractivity contribution < 1.29 is 32.7 Å². The molecule has 0 unspecified atom stereocenters. The van der Waals surface area contributed by atoms with Crippen molar-refractivity contribution in [2.24, 2.45) is 0 Å². The number of rotatable bonds is 5. The van der Waals surface area contributed by atoms with Gasteiger partial charge in [0.25, 0.3) is 0 Å². The van der Waals surface area contributed by atoms with Gasteiger partial charge in [0, 0.05) is 22.4 Å². The Morgan fingerprint density at radius 2 is 1.52 bits per heavy atom. The van der Waals surface area contributed by atoms with Gasteiger partial charge in [-0.1, -0.05) is 42.5 Å². The van der Waals surface area contributed by atoms with Crippen LogP contribution in [0.25, 0.3) is 15.7 Å². The second kappa shape index (κ2) is 8.14. The van der Waals surface area contributed by atoms with Gasteiger partial charge in [-0.3, -0.25) is 4.79 Å². The molecule has 0 radical (unpaired) electrons. The first-order valence-corrected chi connectivity index (χ1v) is 10.8. The zero-order chi connectivity index (χ0) is 23.8. The van der Waals surface area contributed by atoms with E-state index in [0.29, 0.717) is 0 Å². The smallest absolute Gasteiger partial charge is 0.426 e. The lowest BCUT2D eigenvalue weighted by atomic mass is 10.0. The zero-order valence-electron chi connectivity index (χ0n) is 16.7. The van der Waals surface area contributed by atoms with Crippen molar-refractivity contribution in [3.8, 4) is 23.0 Å². The van der Waals surface area contributed by atoms with Gasteiger partial charge in [0.1, 0.15) is 4.90 Å². The largest absolute Gasteiger partial charge is 0.504 e. The van der Waals surface area contributed by atoms with Crippen LogP contribution in [0.1, 0.15) is 15.9 Å². The summed E-state index contributed by atoms with van der Waals surface area (Å²) in [4.78, 5) is 15.2. The number of fused-ring (bicyclic) bond motifs is 1. The fourth-order valence-corrected chi connectivity index (χ4v) is 4.47. The molecule has 0 saturated carbocycles. The van der Waals surface area contributed by atoms with E-state index in [0.717, 1.165) is 12.1 Å². The summed E-state index contributed by atoms with van der Waals surface area (Å²) >= 11 is 0. The number of benzene rings is 4. The minimum atomic E-state index is -4.56. The average molecular weight is 463 g/mol. The van der Waals surface area contributed by atoms with E-state index in [1.54, 1.807) is 18.2 Å². The van der Waals surface area contributed by atoms with Crippen LogP contribution in [0, 0.1) is 5.39 Å². The van der Waals surface area contributed by atoms with E-state index in [1.807, 2.05) is 0 Å². The molecule has 164 valence electrons. The van der Waals surface area contributed by atoms with Crippen LogP contribution in [0.4, 0.5) is 5.69 Å². The first kappa shape index (κ1) is 21.6. The maximum absolute atomic E-state index is 12.9. The Balaban J connectivity index is 1.74.